The van der Waals surface area contributed by atoms with Crippen LogP contribution in [0.4, 0.5) is 5.69 Å². The van der Waals surface area contributed by atoms with E-state index >= 15 is 0 Å². The second kappa shape index (κ2) is 9.70. The van der Waals surface area contributed by atoms with Gasteiger partial charge in [0.25, 0.3) is 0 Å². The van der Waals surface area contributed by atoms with E-state index in [2.05, 4.69) is 71.0 Å². The third-order valence-electron chi connectivity index (χ3n) is 4.95. The van der Waals surface area contributed by atoms with Gasteiger partial charge >= 0.3 is 0 Å². The maximum Gasteiger partial charge on any atom is 0.171 e. The van der Waals surface area contributed by atoms with Crippen molar-refractivity contribution in [2.75, 3.05) is 18.4 Å². The Bertz CT molecular complexity index is 688. The SMILES string of the molecule is CCc1ccc(NC(=S)NCc2ccc(CN3CCCCC3)cc2)cc1. The number of rotatable bonds is 6. The van der Waals surface area contributed by atoms with E-state index < -0.39 is 0 Å². The highest BCUT2D eigenvalue weighted by Crippen LogP contribution is 2.14. The summed E-state index contributed by atoms with van der Waals surface area (Å²) in [4.78, 5) is 2.56. The maximum absolute atomic E-state index is 5.40. The maximum atomic E-state index is 5.40. The molecular formula is C22H29N3S. The summed E-state index contributed by atoms with van der Waals surface area (Å²) >= 11 is 5.40. The van der Waals surface area contributed by atoms with Crippen LogP contribution in [-0.2, 0) is 19.5 Å². The van der Waals surface area contributed by atoms with E-state index in [-0.39, 0.29) is 0 Å². The van der Waals surface area contributed by atoms with Crippen LogP contribution in [0, 0.1) is 0 Å². The van der Waals surface area contributed by atoms with Crippen LogP contribution in [0.2, 0.25) is 0 Å². The zero-order valence-corrected chi connectivity index (χ0v) is 16.4. The average Bonchev–Trinajstić information content (AvgIpc) is 2.69. The zero-order valence-electron chi connectivity index (χ0n) is 15.6. The molecule has 26 heavy (non-hydrogen) atoms. The van der Waals surface area contributed by atoms with E-state index in [1.807, 2.05) is 0 Å². The summed E-state index contributed by atoms with van der Waals surface area (Å²) in [6.07, 6.45) is 5.12. The molecule has 2 aromatic carbocycles. The van der Waals surface area contributed by atoms with Gasteiger partial charge in [-0.2, -0.15) is 0 Å². The van der Waals surface area contributed by atoms with Gasteiger partial charge in [0.2, 0.25) is 0 Å². The molecule has 138 valence electrons. The van der Waals surface area contributed by atoms with Crippen molar-refractivity contribution < 1.29 is 0 Å². The predicted octanol–water partition coefficient (Wildman–Crippen LogP) is 4.72. The molecule has 1 fully saturated rings. The number of anilines is 1. The van der Waals surface area contributed by atoms with Crippen molar-refractivity contribution in [1.82, 2.24) is 10.2 Å². The Morgan fingerprint density at radius 1 is 0.885 bits per heavy atom. The summed E-state index contributed by atoms with van der Waals surface area (Å²) in [5, 5.41) is 7.19. The van der Waals surface area contributed by atoms with Gasteiger partial charge in [0.15, 0.2) is 5.11 Å². The van der Waals surface area contributed by atoms with E-state index in [0.29, 0.717) is 5.11 Å². The Morgan fingerprint density at radius 2 is 1.50 bits per heavy atom. The Morgan fingerprint density at radius 3 is 2.15 bits per heavy atom. The zero-order chi connectivity index (χ0) is 18.2. The first-order valence-corrected chi connectivity index (χ1v) is 10.1. The molecule has 0 aliphatic carbocycles. The number of benzene rings is 2. The van der Waals surface area contributed by atoms with Gasteiger partial charge in [-0.05, 0) is 73.4 Å². The number of nitrogens with one attached hydrogen (secondary N) is 2. The predicted molar refractivity (Wildman–Crippen MR) is 114 cm³/mol. The minimum absolute atomic E-state index is 0.659. The molecule has 0 spiro atoms. The van der Waals surface area contributed by atoms with Crippen LogP contribution >= 0.6 is 12.2 Å². The molecule has 3 rings (SSSR count). The van der Waals surface area contributed by atoms with Crippen LogP contribution in [0.1, 0.15) is 42.9 Å². The van der Waals surface area contributed by atoms with Gasteiger partial charge in [0, 0.05) is 18.8 Å². The average molecular weight is 368 g/mol. The lowest BCUT2D eigenvalue weighted by molar-refractivity contribution is 0.221. The first-order chi connectivity index (χ1) is 12.7. The second-order valence-electron chi connectivity index (χ2n) is 7.01. The highest BCUT2D eigenvalue weighted by molar-refractivity contribution is 7.80. The molecule has 3 nitrogen and oxygen atoms in total. The molecule has 0 atom stereocenters. The lowest BCUT2D eigenvalue weighted by Crippen LogP contribution is -2.29. The highest BCUT2D eigenvalue weighted by atomic mass is 32.1. The van der Waals surface area contributed by atoms with E-state index in [9.17, 15) is 0 Å². The molecular weight excluding hydrogens is 338 g/mol. The summed E-state index contributed by atoms with van der Waals surface area (Å²) in [6, 6.07) is 17.3. The van der Waals surface area contributed by atoms with Crippen LogP contribution in [0.5, 0.6) is 0 Å². The van der Waals surface area contributed by atoms with Gasteiger partial charge in [0.1, 0.15) is 0 Å². The van der Waals surface area contributed by atoms with E-state index in [4.69, 9.17) is 12.2 Å². The van der Waals surface area contributed by atoms with Crippen LogP contribution in [-0.4, -0.2) is 23.1 Å². The number of thiocarbonyl (C=S) groups is 1. The van der Waals surface area contributed by atoms with Gasteiger partial charge in [-0.25, -0.2) is 0 Å². The lowest BCUT2D eigenvalue weighted by Gasteiger charge is -2.26. The van der Waals surface area contributed by atoms with Crippen molar-refractivity contribution in [3.8, 4) is 0 Å². The first-order valence-electron chi connectivity index (χ1n) is 9.67. The molecule has 0 bridgehead atoms. The fourth-order valence-corrected chi connectivity index (χ4v) is 3.51. The Labute approximate surface area is 162 Å². The number of aryl methyl sites for hydroxylation is 1. The molecule has 2 aromatic rings. The monoisotopic (exact) mass is 367 g/mol. The fourth-order valence-electron chi connectivity index (χ4n) is 3.32. The van der Waals surface area contributed by atoms with Gasteiger partial charge in [-0.15, -0.1) is 0 Å². The van der Waals surface area contributed by atoms with Crippen LogP contribution in [0.3, 0.4) is 0 Å². The molecule has 2 N–H and O–H groups in total. The number of hydrogen-bond acceptors (Lipinski definition) is 2. The van der Waals surface area contributed by atoms with Crippen molar-refractivity contribution >= 4 is 23.0 Å². The molecule has 1 aliphatic heterocycles. The van der Waals surface area contributed by atoms with Crippen molar-refractivity contribution in [2.45, 2.75) is 45.7 Å². The Kier molecular flexibility index (Phi) is 7.04. The smallest absolute Gasteiger partial charge is 0.171 e. The fraction of sp³-hybridized carbons (Fsp3) is 0.409. The largest absolute Gasteiger partial charge is 0.358 e. The number of piperidine rings is 1. The molecule has 1 saturated heterocycles. The standard InChI is InChI=1S/C22H29N3S/c1-2-18-10-12-21(13-11-18)24-22(26)23-16-19-6-8-20(9-7-19)17-25-14-4-3-5-15-25/h6-13H,2-5,14-17H2,1H3,(H2,23,24,26). The quantitative estimate of drug-likeness (QED) is 0.722. The number of likely N-dealkylation sites (tertiary alicyclic amines) is 1. The van der Waals surface area contributed by atoms with E-state index in [0.717, 1.165) is 25.2 Å². The van der Waals surface area contributed by atoms with Gasteiger partial charge < -0.3 is 10.6 Å². The van der Waals surface area contributed by atoms with Crippen molar-refractivity contribution in [3.05, 3.63) is 65.2 Å². The molecule has 1 heterocycles. The lowest BCUT2D eigenvalue weighted by atomic mass is 10.1. The molecule has 1 aliphatic rings. The molecule has 0 saturated carbocycles. The topological polar surface area (TPSA) is 27.3 Å². The number of nitrogens with zero attached hydrogens (tertiary/aromatic N) is 1. The third kappa shape index (κ3) is 5.82. The minimum Gasteiger partial charge on any atom is -0.358 e. The van der Waals surface area contributed by atoms with Gasteiger partial charge in [0.05, 0.1) is 0 Å². The van der Waals surface area contributed by atoms with Crippen LogP contribution in [0.15, 0.2) is 48.5 Å². The van der Waals surface area contributed by atoms with Crippen LogP contribution in [0.25, 0.3) is 0 Å². The molecule has 4 heteroatoms. The van der Waals surface area contributed by atoms with Crippen LogP contribution < -0.4 is 10.6 Å². The minimum atomic E-state index is 0.659. The summed E-state index contributed by atoms with van der Waals surface area (Å²) < 4.78 is 0. The van der Waals surface area contributed by atoms with Gasteiger partial charge in [-0.1, -0.05) is 49.7 Å². The summed E-state index contributed by atoms with van der Waals surface area (Å²) in [5.41, 5.74) is 5.00. The van der Waals surface area contributed by atoms with Crippen molar-refractivity contribution in [3.63, 3.8) is 0 Å². The second-order valence-corrected chi connectivity index (χ2v) is 7.42. The summed E-state index contributed by atoms with van der Waals surface area (Å²) in [5.74, 6) is 0. The van der Waals surface area contributed by atoms with E-state index in [1.165, 1.54) is 49.0 Å². The molecule has 0 unspecified atom stereocenters. The molecule has 0 aromatic heterocycles. The molecule has 0 amide bonds. The first kappa shape index (κ1) is 18.9. The Balaban J connectivity index is 1.44. The van der Waals surface area contributed by atoms with Crippen molar-refractivity contribution in [1.29, 1.82) is 0 Å². The van der Waals surface area contributed by atoms with Gasteiger partial charge in [-0.3, -0.25) is 4.90 Å². The Hall–Kier alpha value is -1.91. The summed E-state index contributed by atoms with van der Waals surface area (Å²) in [7, 11) is 0. The van der Waals surface area contributed by atoms with Crippen molar-refractivity contribution in [2.24, 2.45) is 0 Å². The molecule has 0 radical (unpaired) electrons. The summed E-state index contributed by atoms with van der Waals surface area (Å²) in [6.45, 7) is 6.45. The highest BCUT2D eigenvalue weighted by Gasteiger charge is 2.10. The normalized spacial score (nSPS) is 14.8. The van der Waals surface area contributed by atoms with E-state index in [1.54, 1.807) is 0 Å². The number of hydrogen-bond donors (Lipinski definition) is 2. The third-order valence-corrected chi connectivity index (χ3v) is 5.20.